The number of aromatic nitrogens is 1. The van der Waals surface area contributed by atoms with Gasteiger partial charge in [-0.05, 0) is 101 Å². The van der Waals surface area contributed by atoms with Crippen LogP contribution in [0.1, 0.15) is 60.4 Å². The molecule has 2 aliphatic heterocycles. The monoisotopic (exact) mass is 679 g/mol. The molecule has 7 nitrogen and oxygen atoms in total. The van der Waals surface area contributed by atoms with Gasteiger partial charge in [0.1, 0.15) is 0 Å². The maximum atomic E-state index is 13.3. The van der Waals surface area contributed by atoms with Crippen LogP contribution >= 0.6 is 43.5 Å². The van der Waals surface area contributed by atoms with Crippen LogP contribution in [0.5, 0.6) is 0 Å². The number of fused-ring (bicyclic) bond motifs is 2. The number of carbonyl (C=O) groups excluding carboxylic acids is 2. The van der Waals surface area contributed by atoms with Crippen LogP contribution in [0.15, 0.2) is 33.3 Å². The van der Waals surface area contributed by atoms with Gasteiger partial charge in [-0.15, -0.1) is 0 Å². The molecule has 2 amide bonds. The number of nitrogens with one attached hydrogen (secondary N) is 1. The fourth-order valence-electron chi connectivity index (χ4n) is 6.57. The van der Waals surface area contributed by atoms with E-state index in [9.17, 15) is 9.59 Å². The van der Waals surface area contributed by atoms with Crippen molar-refractivity contribution < 1.29 is 9.59 Å². The molecular weight excluding hydrogens is 646 g/mol. The van der Waals surface area contributed by atoms with E-state index in [1.807, 2.05) is 17.2 Å². The molecule has 10 heteroatoms. The first-order valence-corrected chi connectivity index (χ1v) is 15.9. The molecule has 5 rings (SSSR count). The van der Waals surface area contributed by atoms with Crippen LogP contribution in [0.4, 0.5) is 0 Å². The first-order valence-electron chi connectivity index (χ1n) is 13.9. The minimum absolute atomic E-state index is 0.0877. The van der Waals surface area contributed by atoms with Crippen molar-refractivity contribution >= 4 is 55.3 Å². The first-order chi connectivity index (χ1) is 18.8. The van der Waals surface area contributed by atoms with E-state index in [-0.39, 0.29) is 24.3 Å². The third-order valence-electron chi connectivity index (χ3n) is 8.63. The zero-order chi connectivity index (χ0) is 27.5. The molecule has 1 aliphatic carbocycles. The number of hydrogen-bond donors (Lipinski definition) is 2. The number of nitrogens with zero attached hydrogens (tertiary/aromatic N) is 3. The summed E-state index contributed by atoms with van der Waals surface area (Å²) in [6, 6.07) is 6.33. The molecule has 3 heterocycles. The lowest BCUT2D eigenvalue weighted by Gasteiger charge is -2.38. The van der Waals surface area contributed by atoms with Crippen LogP contribution in [-0.4, -0.2) is 66.0 Å². The van der Waals surface area contributed by atoms with Crippen molar-refractivity contribution in [3.63, 3.8) is 0 Å². The van der Waals surface area contributed by atoms with Crippen molar-refractivity contribution in [2.45, 2.75) is 50.9 Å². The maximum absolute atomic E-state index is 13.3. The second-order valence-electron chi connectivity index (χ2n) is 11.0. The van der Waals surface area contributed by atoms with E-state index in [1.54, 1.807) is 0 Å². The minimum atomic E-state index is 0.0877. The van der Waals surface area contributed by atoms with Gasteiger partial charge in [-0.1, -0.05) is 27.5 Å². The molecule has 2 fully saturated rings. The average molecular weight is 682 g/mol. The number of hydrogen-bond acceptors (Lipinski definition) is 5. The average Bonchev–Trinajstić information content (AvgIpc) is 3.09. The highest BCUT2D eigenvalue weighted by molar-refractivity contribution is 9.10. The Morgan fingerprint density at radius 1 is 0.974 bits per heavy atom. The quantitative estimate of drug-likeness (QED) is 0.425. The summed E-state index contributed by atoms with van der Waals surface area (Å²) in [6.07, 6.45) is 8.00. The van der Waals surface area contributed by atoms with E-state index in [2.05, 4.69) is 54.2 Å². The van der Waals surface area contributed by atoms with Gasteiger partial charge in [0.05, 0.1) is 12.2 Å². The zero-order valence-corrected chi connectivity index (χ0v) is 26.0. The molecule has 2 aromatic rings. The number of rotatable bonds is 6. The van der Waals surface area contributed by atoms with Gasteiger partial charge in [-0.2, -0.15) is 0 Å². The number of nitrogens with two attached hydrogens (primary N) is 1. The van der Waals surface area contributed by atoms with Gasteiger partial charge in [-0.3, -0.25) is 19.9 Å². The molecule has 3 aliphatic rings. The number of likely N-dealkylation sites (tertiary alicyclic amines) is 2. The van der Waals surface area contributed by atoms with Crippen LogP contribution in [0, 0.1) is 11.8 Å². The predicted octanol–water partition coefficient (Wildman–Crippen LogP) is 4.86. The summed E-state index contributed by atoms with van der Waals surface area (Å²) in [6.45, 7) is 3.55. The summed E-state index contributed by atoms with van der Waals surface area (Å²) in [5, 5.41) is 3.64. The Bertz CT molecular complexity index is 1210. The predicted molar refractivity (Wildman–Crippen MR) is 161 cm³/mol. The third-order valence-corrected chi connectivity index (χ3v) is 9.94. The second-order valence-corrected chi connectivity index (χ2v) is 13.2. The highest BCUT2D eigenvalue weighted by Gasteiger charge is 2.36. The van der Waals surface area contributed by atoms with Crippen molar-refractivity contribution in [2.75, 3.05) is 39.4 Å². The summed E-state index contributed by atoms with van der Waals surface area (Å²) in [5.41, 5.74) is 10.5. The number of halogens is 3. The van der Waals surface area contributed by atoms with Gasteiger partial charge in [0.2, 0.25) is 11.8 Å². The van der Waals surface area contributed by atoms with E-state index in [1.165, 1.54) is 16.7 Å². The van der Waals surface area contributed by atoms with Crippen LogP contribution in [0.3, 0.4) is 0 Å². The topological polar surface area (TPSA) is 91.6 Å². The Morgan fingerprint density at radius 2 is 1.64 bits per heavy atom. The number of aryl methyl sites for hydroxylation is 2. The second kappa shape index (κ2) is 13.0. The zero-order valence-electron chi connectivity index (χ0n) is 22.1. The number of carbonyl (C=O) groups is 2. The lowest BCUT2D eigenvalue weighted by Crippen LogP contribution is -2.45. The number of piperidine rings is 2. The maximum Gasteiger partial charge on any atom is 0.236 e. The van der Waals surface area contributed by atoms with Gasteiger partial charge in [0.15, 0.2) is 0 Å². The molecule has 0 saturated carbocycles. The summed E-state index contributed by atoms with van der Waals surface area (Å²) < 4.78 is 2.06. The minimum Gasteiger partial charge on any atom is -0.343 e. The van der Waals surface area contributed by atoms with E-state index in [0.29, 0.717) is 38.0 Å². The highest BCUT2D eigenvalue weighted by atomic mass is 79.9. The normalized spacial score (nSPS) is 20.4. The van der Waals surface area contributed by atoms with E-state index < -0.39 is 0 Å². The van der Waals surface area contributed by atoms with Gasteiger partial charge in [0.25, 0.3) is 0 Å². The largest absolute Gasteiger partial charge is 0.343 e. The highest BCUT2D eigenvalue weighted by Crippen LogP contribution is 2.46. The number of benzene rings is 1. The Balaban J connectivity index is 1.23. The molecule has 0 unspecified atom stereocenters. The molecule has 0 radical (unpaired) electrons. The Labute approximate surface area is 252 Å². The van der Waals surface area contributed by atoms with Crippen LogP contribution < -0.4 is 11.1 Å². The van der Waals surface area contributed by atoms with Gasteiger partial charge >= 0.3 is 0 Å². The van der Waals surface area contributed by atoms with Crippen molar-refractivity contribution in [3.05, 3.63) is 60.7 Å². The fraction of sp³-hybridized carbons (Fsp3) is 0.552. The molecular formula is C29H36Br2ClN5O2. The summed E-state index contributed by atoms with van der Waals surface area (Å²) in [7, 11) is 0. The van der Waals surface area contributed by atoms with Crippen molar-refractivity contribution in [1.29, 1.82) is 0 Å². The lowest BCUT2D eigenvalue weighted by molar-refractivity contribution is -0.134. The summed E-state index contributed by atoms with van der Waals surface area (Å²) >= 11 is 13.9. The van der Waals surface area contributed by atoms with Gasteiger partial charge in [0, 0.05) is 65.4 Å². The first kappa shape index (κ1) is 29.0. The SMILES string of the molecule is NCNCC(=O)N1CCC(CC(=O)N2CCC([C@H]3c4ncc(Br)cc4CCc4cc(Cl)cc(Br)c43)CC2)CC1. The molecule has 2 saturated heterocycles. The van der Waals surface area contributed by atoms with Gasteiger partial charge < -0.3 is 15.5 Å². The lowest BCUT2D eigenvalue weighted by atomic mass is 9.76. The number of pyridine rings is 1. The van der Waals surface area contributed by atoms with E-state index in [4.69, 9.17) is 22.3 Å². The van der Waals surface area contributed by atoms with E-state index >= 15 is 0 Å². The van der Waals surface area contributed by atoms with Crippen molar-refractivity contribution in [2.24, 2.45) is 17.6 Å². The summed E-state index contributed by atoms with van der Waals surface area (Å²) in [4.78, 5) is 34.4. The Hall–Kier alpha value is -1.52. The van der Waals surface area contributed by atoms with Crippen molar-refractivity contribution in [3.8, 4) is 0 Å². The van der Waals surface area contributed by atoms with Crippen LogP contribution in [0.2, 0.25) is 5.02 Å². The standard InChI is InChI=1S/C29H36Br2ClN5O2/c30-22-12-21-2-1-20-13-23(32)14-24(31)27(20)28(29(21)35-15-22)19-5-9-36(10-6-19)25(38)11-18-3-7-37(8-4-18)26(39)16-34-17-33/h12-15,18-19,28,34H,1-11,16-17,33H2/t28-/m1/s1. The van der Waals surface area contributed by atoms with Crippen LogP contribution in [0.25, 0.3) is 0 Å². The molecule has 39 heavy (non-hydrogen) atoms. The molecule has 1 aromatic carbocycles. The molecule has 1 atom stereocenters. The number of amides is 2. The Morgan fingerprint density at radius 3 is 2.36 bits per heavy atom. The molecule has 210 valence electrons. The van der Waals surface area contributed by atoms with Crippen LogP contribution in [-0.2, 0) is 22.4 Å². The molecule has 3 N–H and O–H groups in total. The van der Waals surface area contributed by atoms with E-state index in [0.717, 1.165) is 71.3 Å². The smallest absolute Gasteiger partial charge is 0.236 e. The fourth-order valence-corrected chi connectivity index (χ4v) is 8.07. The third kappa shape index (κ3) is 6.70. The molecule has 0 bridgehead atoms. The molecule has 1 aromatic heterocycles. The Kier molecular flexibility index (Phi) is 9.65. The van der Waals surface area contributed by atoms with Gasteiger partial charge in [-0.25, -0.2) is 0 Å². The summed E-state index contributed by atoms with van der Waals surface area (Å²) in [5.74, 6) is 1.24. The van der Waals surface area contributed by atoms with Crippen molar-refractivity contribution in [1.82, 2.24) is 20.1 Å². The molecule has 0 spiro atoms.